The van der Waals surface area contributed by atoms with Gasteiger partial charge in [-0.25, -0.2) is 9.78 Å². The molecule has 0 bridgehead atoms. The molecule has 5 nitrogen and oxygen atoms in total. The van der Waals surface area contributed by atoms with E-state index < -0.39 is 5.97 Å². The summed E-state index contributed by atoms with van der Waals surface area (Å²) in [5.74, 6) is -0.405. The van der Waals surface area contributed by atoms with Gasteiger partial charge in [-0.1, -0.05) is 12.1 Å². The van der Waals surface area contributed by atoms with Crippen molar-refractivity contribution in [3.63, 3.8) is 0 Å². The number of hydrogen-bond donors (Lipinski definition) is 0. The molecule has 0 unspecified atom stereocenters. The highest BCUT2D eigenvalue weighted by Crippen LogP contribution is 2.28. The Morgan fingerprint density at radius 1 is 1.28 bits per heavy atom. The van der Waals surface area contributed by atoms with Gasteiger partial charge in [-0.3, -0.25) is 9.20 Å². The van der Waals surface area contributed by atoms with Crippen molar-refractivity contribution >= 4 is 44.9 Å². The summed E-state index contributed by atoms with van der Waals surface area (Å²) in [6.07, 6.45) is 4.21. The van der Waals surface area contributed by atoms with E-state index in [-0.39, 0.29) is 12.2 Å². The first-order chi connectivity index (χ1) is 12.1. The summed E-state index contributed by atoms with van der Waals surface area (Å²) >= 11 is 3.67. The number of esters is 1. The van der Waals surface area contributed by atoms with Crippen LogP contribution in [-0.2, 0) is 24.2 Å². The smallest absolute Gasteiger partial charge is 0.339 e. The van der Waals surface area contributed by atoms with E-state index in [0.29, 0.717) is 16.2 Å². The molecule has 2 aromatic heterocycles. The summed E-state index contributed by atoms with van der Waals surface area (Å²) in [6, 6.07) is 8.71. The van der Waals surface area contributed by atoms with Gasteiger partial charge in [0.2, 0.25) is 0 Å². The molecule has 128 valence electrons. The SMILES string of the molecule is O=C(OCc1cc(=O)n2c3c(sc2n1)CCCC3)c1ccccc1I. The molecule has 7 heteroatoms. The third-order valence-electron chi connectivity index (χ3n) is 4.26. The highest BCUT2D eigenvalue weighted by atomic mass is 127. The van der Waals surface area contributed by atoms with Crippen molar-refractivity contribution in [2.75, 3.05) is 0 Å². The fourth-order valence-corrected chi connectivity index (χ4v) is 4.90. The van der Waals surface area contributed by atoms with Gasteiger partial charge in [-0.05, 0) is 60.4 Å². The van der Waals surface area contributed by atoms with Gasteiger partial charge in [0.05, 0.1) is 11.3 Å². The maximum absolute atomic E-state index is 12.5. The second kappa shape index (κ2) is 6.87. The molecule has 1 aliphatic carbocycles. The van der Waals surface area contributed by atoms with Gasteiger partial charge < -0.3 is 4.74 Å². The minimum atomic E-state index is -0.405. The van der Waals surface area contributed by atoms with Crippen LogP contribution in [0.25, 0.3) is 4.96 Å². The zero-order chi connectivity index (χ0) is 17.4. The summed E-state index contributed by atoms with van der Waals surface area (Å²) in [4.78, 5) is 31.2. The normalized spacial score (nSPS) is 13.6. The molecule has 1 aromatic carbocycles. The summed E-state index contributed by atoms with van der Waals surface area (Å²) in [7, 11) is 0. The third-order valence-corrected chi connectivity index (χ3v) is 6.34. The maximum Gasteiger partial charge on any atom is 0.339 e. The van der Waals surface area contributed by atoms with Crippen LogP contribution < -0.4 is 5.56 Å². The molecular weight excluding hydrogens is 451 g/mol. The number of carbonyl (C=O) groups is 1. The first-order valence-corrected chi connectivity index (χ1v) is 9.98. The number of fused-ring (bicyclic) bond motifs is 3. The molecular formula is C18H15IN2O3S. The molecule has 3 aromatic rings. The zero-order valence-electron chi connectivity index (χ0n) is 13.3. The second-order valence-corrected chi connectivity index (χ2v) is 8.16. The average Bonchev–Trinajstić information content (AvgIpc) is 2.99. The number of thiazole rings is 1. The molecule has 0 fully saturated rings. The lowest BCUT2D eigenvalue weighted by Gasteiger charge is -2.10. The standard InChI is InChI=1S/C18H15IN2O3S/c19-13-6-2-1-5-12(13)17(23)24-10-11-9-16(22)21-14-7-3-4-8-15(14)25-18(21)20-11/h1-2,5-6,9H,3-4,7-8,10H2. The van der Waals surface area contributed by atoms with Crippen molar-refractivity contribution in [3.8, 4) is 0 Å². The molecule has 25 heavy (non-hydrogen) atoms. The molecule has 0 radical (unpaired) electrons. The number of carbonyl (C=O) groups excluding carboxylic acids is 1. The molecule has 0 amide bonds. The van der Waals surface area contributed by atoms with Crippen molar-refractivity contribution in [2.24, 2.45) is 0 Å². The lowest BCUT2D eigenvalue weighted by molar-refractivity contribution is 0.0466. The molecule has 2 heterocycles. The van der Waals surface area contributed by atoms with E-state index in [9.17, 15) is 9.59 Å². The van der Waals surface area contributed by atoms with E-state index in [0.717, 1.165) is 34.9 Å². The van der Waals surface area contributed by atoms with Crippen molar-refractivity contribution < 1.29 is 9.53 Å². The highest BCUT2D eigenvalue weighted by molar-refractivity contribution is 14.1. The van der Waals surface area contributed by atoms with Crippen LogP contribution in [-0.4, -0.2) is 15.4 Å². The van der Waals surface area contributed by atoms with Crippen molar-refractivity contribution in [1.82, 2.24) is 9.38 Å². The number of nitrogens with zero attached hydrogens (tertiary/aromatic N) is 2. The minimum Gasteiger partial charge on any atom is -0.456 e. The number of benzene rings is 1. The predicted octanol–water partition coefficient (Wildman–Crippen LogP) is 3.60. The molecule has 0 N–H and O–H groups in total. The van der Waals surface area contributed by atoms with Crippen molar-refractivity contribution in [1.29, 1.82) is 0 Å². The van der Waals surface area contributed by atoms with Crippen LogP contribution >= 0.6 is 33.9 Å². The Labute approximate surface area is 161 Å². The van der Waals surface area contributed by atoms with E-state index in [1.807, 2.05) is 12.1 Å². The van der Waals surface area contributed by atoms with E-state index >= 15 is 0 Å². The first kappa shape index (κ1) is 16.7. The van der Waals surface area contributed by atoms with E-state index in [2.05, 4.69) is 27.6 Å². The van der Waals surface area contributed by atoms with Crippen LogP contribution in [0.4, 0.5) is 0 Å². The predicted molar refractivity (Wildman–Crippen MR) is 104 cm³/mol. The number of aryl methyl sites for hydroxylation is 2. The number of halogens is 1. The largest absolute Gasteiger partial charge is 0.456 e. The third kappa shape index (κ3) is 3.22. The van der Waals surface area contributed by atoms with Gasteiger partial charge in [-0.2, -0.15) is 0 Å². The van der Waals surface area contributed by atoms with Crippen molar-refractivity contribution in [3.05, 3.63) is 66.1 Å². The van der Waals surface area contributed by atoms with Crippen LogP contribution in [0.15, 0.2) is 35.1 Å². The van der Waals surface area contributed by atoms with Crippen LogP contribution in [0.3, 0.4) is 0 Å². The fraction of sp³-hybridized carbons (Fsp3) is 0.278. The maximum atomic E-state index is 12.5. The number of ether oxygens (including phenoxy) is 1. The van der Waals surface area contributed by atoms with Gasteiger partial charge in [-0.15, -0.1) is 11.3 Å². The quantitative estimate of drug-likeness (QED) is 0.438. The van der Waals surface area contributed by atoms with E-state index in [4.69, 9.17) is 4.74 Å². The van der Waals surface area contributed by atoms with Gasteiger partial charge >= 0.3 is 5.97 Å². The average molecular weight is 466 g/mol. The Morgan fingerprint density at radius 3 is 2.92 bits per heavy atom. The fourth-order valence-electron chi connectivity index (χ4n) is 3.06. The van der Waals surface area contributed by atoms with Crippen LogP contribution in [0.2, 0.25) is 0 Å². The summed E-state index contributed by atoms with van der Waals surface area (Å²) in [5, 5.41) is 0. The molecule has 0 saturated carbocycles. The second-order valence-electron chi connectivity index (χ2n) is 5.94. The Hall–Kier alpha value is -1.74. The topological polar surface area (TPSA) is 60.7 Å². The van der Waals surface area contributed by atoms with Crippen LogP contribution in [0.1, 0.15) is 39.5 Å². The monoisotopic (exact) mass is 466 g/mol. The molecule has 0 aliphatic heterocycles. The van der Waals surface area contributed by atoms with Crippen LogP contribution in [0, 0.1) is 3.57 Å². The number of rotatable bonds is 3. The summed E-state index contributed by atoms with van der Waals surface area (Å²) in [6.45, 7) is -0.00187. The molecule has 0 atom stereocenters. The Balaban J connectivity index is 1.59. The lowest BCUT2D eigenvalue weighted by Crippen LogP contribution is -2.18. The lowest BCUT2D eigenvalue weighted by atomic mass is 10.0. The Morgan fingerprint density at radius 2 is 2.08 bits per heavy atom. The minimum absolute atomic E-state index is 0.00187. The number of hydrogen-bond acceptors (Lipinski definition) is 5. The van der Waals surface area contributed by atoms with Gasteiger partial charge in [0.1, 0.15) is 6.61 Å². The van der Waals surface area contributed by atoms with Crippen molar-refractivity contribution in [2.45, 2.75) is 32.3 Å². The van der Waals surface area contributed by atoms with E-state index in [1.165, 1.54) is 10.9 Å². The van der Waals surface area contributed by atoms with Gasteiger partial charge in [0, 0.05) is 20.2 Å². The molecule has 4 rings (SSSR count). The highest BCUT2D eigenvalue weighted by Gasteiger charge is 2.19. The van der Waals surface area contributed by atoms with Gasteiger partial charge in [0.15, 0.2) is 4.96 Å². The molecule has 0 spiro atoms. The van der Waals surface area contributed by atoms with E-state index in [1.54, 1.807) is 27.9 Å². The first-order valence-electron chi connectivity index (χ1n) is 8.08. The molecule has 1 aliphatic rings. The zero-order valence-corrected chi connectivity index (χ0v) is 16.3. The Bertz CT molecular complexity index is 1020. The van der Waals surface area contributed by atoms with Crippen LogP contribution in [0.5, 0.6) is 0 Å². The van der Waals surface area contributed by atoms with Gasteiger partial charge in [0.25, 0.3) is 5.56 Å². The number of aromatic nitrogens is 2. The Kier molecular flexibility index (Phi) is 4.60. The molecule has 0 saturated heterocycles. The summed E-state index contributed by atoms with van der Waals surface area (Å²) < 4.78 is 7.90. The summed E-state index contributed by atoms with van der Waals surface area (Å²) in [5.41, 5.74) is 2.02.